The molecule has 6 heteroatoms. The summed E-state index contributed by atoms with van der Waals surface area (Å²) in [5.41, 5.74) is 0. The molecule has 1 atom stereocenters. The van der Waals surface area contributed by atoms with E-state index in [0.717, 1.165) is 5.01 Å². The molecule has 2 aromatic rings. The first-order chi connectivity index (χ1) is 6.86. The van der Waals surface area contributed by atoms with Crippen molar-refractivity contribution in [2.24, 2.45) is 0 Å². The third kappa shape index (κ3) is 2.15. The van der Waals surface area contributed by atoms with Crippen LogP contribution < -0.4 is 5.32 Å². The molecule has 0 bridgehead atoms. The van der Waals surface area contributed by atoms with E-state index in [-0.39, 0.29) is 6.04 Å². The van der Waals surface area contributed by atoms with Crippen molar-refractivity contribution in [2.75, 3.05) is 0 Å². The maximum atomic E-state index is 4.62. The summed E-state index contributed by atoms with van der Waals surface area (Å²) in [6.45, 7) is 2.65. The molecule has 14 heavy (non-hydrogen) atoms. The Balaban J connectivity index is 1.87. The minimum atomic E-state index is 0.216. The molecule has 0 amide bonds. The first-order valence-electron chi connectivity index (χ1n) is 4.24. The molecule has 0 radical (unpaired) electrons. The van der Waals surface area contributed by atoms with Gasteiger partial charge in [0.1, 0.15) is 5.01 Å². The Morgan fingerprint density at radius 3 is 3.14 bits per heavy atom. The largest absolute Gasteiger partial charge is 0.343 e. The van der Waals surface area contributed by atoms with Crippen LogP contribution >= 0.6 is 11.3 Å². The van der Waals surface area contributed by atoms with Crippen LogP contribution in [0.15, 0.2) is 22.5 Å². The van der Waals surface area contributed by atoms with Gasteiger partial charge in [0, 0.05) is 11.6 Å². The minimum Gasteiger partial charge on any atom is -0.343 e. The highest BCUT2D eigenvalue weighted by Crippen LogP contribution is 2.14. The highest BCUT2D eigenvalue weighted by molar-refractivity contribution is 7.09. The van der Waals surface area contributed by atoms with Gasteiger partial charge < -0.3 is 9.84 Å². The average molecular weight is 210 g/mol. The van der Waals surface area contributed by atoms with Gasteiger partial charge in [-0.3, -0.25) is 0 Å². The highest BCUT2D eigenvalue weighted by atomic mass is 32.1. The Morgan fingerprint density at radius 1 is 1.57 bits per heavy atom. The van der Waals surface area contributed by atoms with Gasteiger partial charge in [0.25, 0.3) is 0 Å². The Bertz CT molecular complexity index is 359. The van der Waals surface area contributed by atoms with Gasteiger partial charge in [0.05, 0.1) is 12.6 Å². The fourth-order valence-electron chi connectivity index (χ4n) is 1.05. The van der Waals surface area contributed by atoms with Crippen molar-refractivity contribution in [1.82, 2.24) is 20.4 Å². The third-order valence-corrected chi connectivity index (χ3v) is 2.75. The fourth-order valence-corrected chi connectivity index (χ4v) is 1.72. The number of aromatic nitrogens is 3. The molecule has 0 aliphatic rings. The van der Waals surface area contributed by atoms with E-state index in [1.807, 2.05) is 5.38 Å². The molecule has 2 heterocycles. The van der Waals surface area contributed by atoms with Crippen LogP contribution in [0.5, 0.6) is 0 Å². The molecule has 0 aromatic carbocycles. The number of rotatable bonds is 4. The van der Waals surface area contributed by atoms with E-state index in [4.69, 9.17) is 0 Å². The van der Waals surface area contributed by atoms with Crippen LogP contribution in [0.3, 0.4) is 0 Å². The summed E-state index contributed by atoms with van der Waals surface area (Å²) in [5, 5.41) is 9.98. The first-order valence-corrected chi connectivity index (χ1v) is 5.12. The van der Waals surface area contributed by atoms with E-state index in [1.54, 1.807) is 17.5 Å². The standard InChI is InChI=1S/C8H10N4OS/c1-6(8-9-2-3-14-8)10-4-7-11-5-13-12-7/h2-3,5-6,10H,4H2,1H3. The number of thiazole rings is 1. The molecule has 0 fully saturated rings. The van der Waals surface area contributed by atoms with E-state index in [1.165, 1.54) is 6.39 Å². The molecule has 1 N–H and O–H groups in total. The zero-order valence-electron chi connectivity index (χ0n) is 7.67. The van der Waals surface area contributed by atoms with Crippen LogP contribution in [-0.2, 0) is 6.54 Å². The second kappa shape index (κ2) is 4.30. The third-order valence-electron chi connectivity index (χ3n) is 1.80. The Hall–Kier alpha value is -1.27. The van der Waals surface area contributed by atoms with Crippen LogP contribution in [0.1, 0.15) is 23.8 Å². The van der Waals surface area contributed by atoms with Crippen molar-refractivity contribution >= 4 is 11.3 Å². The van der Waals surface area contributed by atoms with Crippen molar-refractivity contribution in [3.8, 4) is 0 Å². The summed E-state index contributed by atoms with van der Waals surface area (Å²) in [4.78, 5) is 8.12. The van der Waals surface area contributed by atoms with Gasteiger partial charge in [-0.1, -0.05) is 5.16 Å². The molecule has 0 aliphatic carbocycles. The van der Waals surface area contributed by atoms with Gasteiger partial charge in [-0.2, -0.15) is 4.98 Å². The smallest absolute Gasteiger partial charge is 0.213 e. The molecular weight excluding hydrogens is 200 g/mol. The predicted molar refractivity (Wildman–Crippen MR) is 51.7 cm³/mol. The quantitative estimate of drug-likeness (QED) is 0.825. The van der Waals surface area contributed by atoms with Crippen molar-refractivity contribution in [3.05, 3.63) is 28.8 Å². The van der Waals surface area contributed by atoms with Gasteiger partial charge in [-0.15, -0.1) is 11.3 Å². The van der Waals surface area contributed by atoms with Crippen LogP contribution in [0.25, 0.3) is 0 Å². The molecule has 0 saturated carbocycles. The second-order valence-corrected chi connectivity index (χ2v) is 3.75. The molecule has 1 unspecified atom stereocenters. The van der Waals surface area contributed by atoms with E-state index >= 15 is 0 Å². The van der Waals surface area contributed by atoms with Crippen LogP contribution in [-0.4, -0.2) is 15.1 Å². The average Bonchev–Trinajstić information content (AvgIpc) is 2.87. The van der Waals surface area contributed by atoms with Crippen molar-refractivity contribution < 1.29 is 4.52 Å². The van der Waals surface area contributed by atoms with Gasteiger partial charge >= 0.3 is 0 Å². The van der Waals surface area contributed by atoms with Crippen LogP contribution in [0.4, 0.5) is 0 Å². The second-order valence-electron chi connectivity index (χ2n) is 2.82. The van der Waals surface area contributed by atoms with Crippen LogP contribution in [0.2, 0.25) is 0 Å². The van der Waals surface area contributed by atoms with Gasteiger partial charge in [-0.25, -0.2) is 4.98 Å². The summed E-state index contributed by atoms with van der Waals surface area (Å²) in [7, 11) is 0. The zero-order valence-corrected chi connectivity index (χ0v) is 8.49. The number of nitrogens with zero attached hydrogens (tertiary/aromatic N) is 3. The maximum Gasteiger partial charge on any atom is 0.213 e. The maximum absolute atomic E-state index is 4.62. The molecule has 2 rings (SSSR count). The lowest BCUT2D eigenvalue weighted by Crippen LogP contribution is -2.18. The van der Waals surface area contributed by atoms with Crippen molar-refractivity contribution in [2.45, 2.75) is 19.5 Å². The molecule has 0 aliphatic heterocycles. The van der Waals surface area contributed by atoms with Crippen molar-refractivity contribution in [3.63, 3.8) is 0 Å². The summed E-state index contributed by atoms with van der Waals surface area (Å²) < 4.78 is 4.62. The Labute approximate surface area is 85.2 Å². The molecule has 5 nitrogen and oxygen atoms in total. The lowest BCUT2D eigenvalue weighted by molar-refractivity contribution is 0.405. The summed E-state index contributed by atoms with van der Waals surface area (Å²) in [5.74, 6) is 0.661. The monoisotopic (exact) mass is 210 g/mol. The van der Waals surface area contributed by atoms with E-state index < -0.39 is 0 Å². The van der Waals surface area contributed by atoms with Crippen LogP contribution in [0, 0.1) is 0 Å². The van der Waals surface area contributed by atoms with E-state index in [9.17, 15) is 0 Å². The fraction of sp³-hybridized carbons (Fsp3) is 0.375. The highest BCUT2D eigenvalue weighted by Gasteiger charge is 2.08. The topological polar surface area (TPSA) is 63.8 Å². The Kier molecular flexibility index (Phi) is 2.85. The Morgan fingerprint density at radius 2 is 2.50 bits per heavy atom. The molecule has 2 aromatic heterocycles. The van der Waals surface area contributed by atoms with Gasteiger partial charge in [-0.05, 0) is 6.92 Å². The van der Waals surface area contributed by atoms with Gasteiger partial charge in [0.2, 0.25) is 6.39 Å². The van der Waals surface area contributed by atoms with Crippen molar-refractivity contribution in [1.29, 1.82) is 0 Å². The molecule has 0 spiro atoms. The molecule has 74 valence electrons. The summed E-state index contributed by atoms with van der Waals surface area (Å²) in [6, 6.07) is 0.216. The minimum absolute atomic E-state index is 0.216. The number of nitrogens with one attached hydrogen (secondary N) is 1. The SMILES string of the molecule is CC(NCc1ncon1)c1nccs1. The summed E-state index contributed by atoms with van der Waals surface area (Å²) >= 11 is 1.63. The predicted octanol–water partition coefficient (Wildman–Crippen LogP) is 1.38. The zero-order chi connectivity index (χ0) is 9.80. The number of hydrogen-bond donors (Lipinski definition) is 1. The lowest BCUT2D eigenvalue weighted by Gasteiger charge is -2.08. The molecular formula is C8H10N4OS. The lowest BCUT2D eigenvalue weighted by atomic mass is 10.3. The summed E-state index contributed by atoms with van der Waals surface area (Å²) in [6.07, 6.45) is 3.12. The van der Waals surface area contributed by atoms with Gasteiger partial charge in [0.15, 0.2) is 5.82 Å². The number of hydrogen-bond acceptors (Lipinski definition) is 6. The molecule has 0 saturated heterocycles. The van der Waals surface area contributed by atoms with E-state index in [2.05, 4.69) is 31.9 Å². The van der Waals surface area contributed by atoms with E-state index in [0.29, 0.717) is 12.4 Å². The normalized spacial score (nSPS) is 12.9. The first kappa shape index (κ1) is 9.29.